The Bertz CT molecular complexity index is 308. The molecule has 0 aliphatic heterocycles. The topological polar surface area (TPSA) is 0 Å². The summed E-state index contributed by atoms with van der Waals surface area (Å²) >= 11 is 3.61. The number of rotatable bonds is 3. The zero-order valence-electron chi connectivity index (χ0n) is 10.4. The Morgan fingerprint density at radius 1 is 1.00 bits per heavy atom. The first-order valence-corrected chi connectivity index (χ1v) is 6.58. The van der Waals surface area contributed by atoms with Gasteiger partial charge in [-0.15, -0.1) is 0 Å². The second-order valence-corrected chi connectivity index (χ2v) is 5.64. The van der Waals surface area contributed by atoms with Crippen molar-refractivity contribution in [2.24, 2.45) is 0 Å². The molecule has 1 heteroatoms. The van der Waals surface area contributed by atoms with Gasteiger partial charge in [0.2, 0.25) is 0 Å². The Morgan fingerprint density at radius 3 is 1.67 bits per heavy atom. The summed E-state index contributed by atoms with van der Waals surface area (Å²) in [4.78, 5) is 0. The van der Waals surface area contributed by atoms with Crippen LogP contribution in [0.4, 0.5) is 0 Å². The maximum atomic E-state index is 3.61. The maximum Gasteiger partial charge on any atom is 0.0181 e. The van der Waals surface area contributed by atoms with Crippen LogP contribution in [0.25, 0.3) is 0 Å². The van der Waals surface area contributed by atoms with Gasteiger partial charge in [0.15, 0.2) is 0 Å². The quantitative estimate of drug-likeness (QED) is 0.702. The number of hydrogen-bond donors (Lipinski definition) is 0. The minimum atomic E-state index is 0.606. The van der Waals surface area contributed by atoms with Crippen LogP contribution in [0, 0.1) is 0 Å². The van der Waals surface area contributed by atoms with Crippen LogP contribution in [0.5, 0.6) is 0 Å². The molecule has 0 aliphatic carbocycles. The Morgan fingerprint density at radius 2 is 1.40 bits per heavy atom. The molecule has 1 rings (SSSR count). The standard InChI is InChI=1S/C14H21Br/c1-6-12-13(9(2)3)7-11(15)8-14(12)10(4)5/h7-10H,6H2,1-5H3. The fourth-order valence-electron chi connectivity index (χ4n) is 2.12. The predicted molar refractivity (Wildman–Crippen MR) is 71.7 cm³/mol. The molecule has 84 valence electrons. The average Bonchev–Trinajstić information content (AvgIpc) is 2.16. The molecular formula is C14H21Br. The van der Waals surface area contributed by atoms with E-state index in [-0.39, 0.29) is 0 Å². The van der Waals surface area contributed by atoms with Gasteiger partial charge in [-0.05, 0) is 47.1 Å². The van der Waals surface area contributed by atoms with Crippen molar-refractivity contribution >= 4 is 15.9 Å². The van der Waals surface area contributed by atoms with Crippen molar-refractivity contribution in [3.05, 3.63) is 33.3 Å². The second kappa shape index (κ2) is 5.16. The highest BCUT2D eigenvalue weighted by Crippen LogP contribution is 2.31. The van der Waals surface area contributed by atoms with Gasteiger partial charge in [0, 0.05) is 4.47 Å². The van der Waals surface area contributed by atoms with Crippen LogP contribution in [0.2, 0.25) is 0 Å². The van der Waals surface area contributed by atoms with Gasteiger partial charge in [-0.25, -0.2) is 0 Å². The molecule has 0 spiro atoms. The molecule has 0 aliphatic rings. The fourth-order valence-corrected chi connectivity index (χ4v) is 2.61. The van der Waals surface area contributed by atoms with Crippen LogP contribution in [-0.2, 0) is 6.42 Å². The minimum absolute atomic E-state index is 0.606. The average molecular weight is 269 g/mol. The van der Waals surface area contributed by atoms with Gasteiger partial charge in [-0.1, -0.05) is 50.5 Å². The van der Waals surface area contributed by atoms with Gasteiger partial charge in [-0.3, -0.25) is 0 Å². The first-order chi connectivity index (χ1) is 6.97. The second-order valence-electron chi connectivity index (χ2n) is 4.73. The largest absolute Gasteiger partial charge is 0.0613 e. The lowest BCUT2D eigenvalue weighted by Gasteiger charge is -2.19. The Kier molecular flexibility index (Phi) is 4.39. The number of hydrogen-bond acceptors (Lipinski definition) is 0. The molecule has 0 saturated heterocycles. The molecule has 0 aromatic heterocycles. The highest BCUT2D eigenvalue weighted by Gasteiger charge is 2.13. The molecular weight excluding hydrogens is 248 g/mol. The zero-order chi connectivity index (χ0) is 11.6. The van der Waals surface area contributed by atoms with Gasteiger partial charge in [0.05, 0.1) is 0 Å². The fraction of sp³-hybridized carbons (Fsp3) is 0.571. The lowest BCUT2D eigenvalue weighted by Crippen LogP contribution is -2.02. The third-order valence-corrected chi connectivity index (χ3v) is 3.34. The highest BCUT2D eigenvalue weighted by atomic mass is 79.9. The SMILES string of the molecule is CCc1c(C(C)C)cc(Br)cc1C(C)C. The molecule has 0 saturated carbocycles. The molecule has 0 atom stereocenters. The van der Waals surface area contributed by atoms with Crippen LogP contribution >= 0.6 is 15.9 Å². The molecule has 0 unspecified atom stereocenters. The molecule has 0 heterocycles. The third kappa shape index (κ3) is 2.84. The van der Waals surface area contributed by atoms with E-state index in [9.17, 15) is 0 Å². The molecule has 1 aromatic carbocycles. The first kappa shape index (κ1) is 12.8. The van der Waals surface area contributed by atoms with E-state index in [1.54, 1.807) is 5.56 Å². The van der Waals surface area contributed by atoms with E-state index in [0.29, 0.717) is 11.8 Å². The van der Waals surface area contributed by atoms with Crippen molar-refractivity contribution in [2.45, 2.75) is 52.9 Å². The van der Waals surface area contributed by atoms with E-state index in [1.807, 2.05) is 0 Å². The summed E-state index contributed by atoms with van der Waals surface area (Å²) in [5.41, 5.74) is 4.54. The van der Waals surface area contributed by atoms with E-state index in [2.05, 4.69) is 62.7 Å². The summed E-state index contributed by atoms with van der Waals surface area (Å²) in [7, 11) is 0. The van der Waals surface area contributed by atoms with Crippen LogP contribution in [0.3, 0.4) is 0 Å². The molecule has 0 N–H and O–H groups in total. The predicted octanol–water partition coefficient (Wildman–Crippen LogP) is 5.26. The van der Waals surface area contributed by atoms with Crippen LogP contribution in [0.15, 0.2) is 16.6 Å². The van der Waals surface area contributed by atoms with Gasteiger partial charge in [0.25, 0.3) is 0 Å². The summed E-state index contributed by atoms with van der Waals surface area (Å²) in [5, 5.41) is 0. The van der Waals surface area contributed by atoms with E-state index in [0.717, 1.165) is 6.42 Å². The van der Waals surface area contributed by atoms with Gasteiger partial charge in [-0.2, -0.15) is 0 Å². The van der Waals surface area contributed by atoms with E-state index >= 15 is 0 Å². The zero-order valence-corrected chi connectivity index (χ0v) is 12.0. The van der Waals surface area contributed by atoms with Crippen LogP contribution in [-0.4, -0.2) is 0 Å². The molecule has 0 amide bonds. The van der Waals surface area contributed by atoms with Crippen molar-refractivity contribution in [1.82, 2.24) is 0 Å². The summed E-state index contributed by atoms with van der Waals surface area (Å²) in [6, 6.07) is 4.55. The monoisotopic (exact) mass is 268 g/mol. The molecule has 0 radical (unpaired) electrons. The van der Waals surface area contributed by atoms with Crippen molar-refractivity contribution < 1.29 is 0 Å². The molecule has 0 nitrogen and oxygen atoms in total. The third-order valence-electron chi connectivity index (χ3n) is 2.88. The Balaban J connectivity index is 3.38. The first-order valence-electron chi connectivity index (χ1n) is 5.79. The Hall–Kier alpha value is -0.300. The van der Waals surface area contributed by atoms with Crippen LogP contribution < -0.4 is 0 Å². The van der Waals surface area contributed by atoms with Crippen molar-refractivity contribution in [3.8, 4) is 0 Å². The summed E-state index contributed by atoms with van der Waals surface area (Å²) in [5.74, 6) is 1.21. The van der Waals surface area contributed by atoms with Crippen molar-refractivity contribution in [2.75, 3.05) is 0 Å². The smallest absolute Gasteiger partial charge is 0.0181 e. The normalized spacial score (nSPS) is 11.5. The molecule has 1 aromatic rings. The minimum Gasteiger partial charge on any atom is -0.0613 e. The molecule has 15 heavy (non-hydrogen) atoms. The van der Waals surface area contributed by atoms with Gasteiger partial charge < -0.3 is 0 Å². The lowest BCUT2D eigenvalue weighted by molar-refractivity contribution is 0.799. The van der Waals surface area contributed by atoms with Crippen molar-refractivity contribution in [3.63, 3.8) is 0 Å². The lowest BCUT2D eigenvalue weighted by atomic mass is 9.87. The van der Waals surface area contributed by atoms with E-state index in [1.165, 1.54) is 15.6 Å². The summed E-state index contributed by atoms with van der Waals surface area (Å²) in [6.45, 7) is 11.3. The van der Waals surface area contributed by atoms with Gasteiger partial charge in [0.1, 0.15) is 0 Å². The summed E-state index contributed by atoms with van der Waals surface area (Å²) in [6.07, 6.45) is 1.13. The summed E-state index contributed by atoms with van der Waals surface area (Å²) < 4.78 is 1.21. The molecule has 0 fully saturated rings. The van der Waals surface area contributed by atoms with E-state index < -0.39 is 0 Å². The highest BCUT2D eigenvalue weighted by molar-refractivity contribution is 9.10. The van der Waals surface area contributed by atoms with Gasteiger partial charge >= 0.3 is 0 Å². The van der Waals surface area contributed by atoms with Crippen molar-refractivity contribution in [1.29, 1.82) is 0 Å². The maximum absolute atomic E-state index is 3.61. The number of benzene rings is 1. The molecule has 0 bridgehead atoms. The number of halogens is 1. The Labute approximate surface area is 102 Å². The van der Waals surface area contributed by atoms with E-state index in [4.69, 9.17) is 0 Å². The van der Waals surface area contributed by atoms with Crippen LogP contribution in [0.1, 0.15) is 63.1 Å².